The molecule has 0 bridgehead atoms. The van der Waals surface area contributed by atoms with Gasteiger partial charge in [0.2, 0.25) is 0 Å². The third kappa shape index (κ3) is 4.91. The van der Waals surface area contributed by atoms with Gasteiger partial charge in [-0.1, -0.05) is 0 Å². The predicted octanol–water partition coefficient (Wildman–Crippen LogP) is -5.63. The van der Waals surface area contributed by atoms with Crippen molar-refractivity contribution in [2.45, 2.75) is 20.8 Å². The summed E-state index contributed by atoms with van der Waals surface area (Å²) in [5.74, 6) is 0.581. The zero-order valence-corrected chi connectivity index (χ0v) is 19.5. The van der Waals surface area contributed by atoms with Gasteiger partial charge < -0.3 is 37.2 Å². The van der Waals surface area contributed by atoms with E-state index in [4.69, 9.17) is 0 Å². The molecule has 1 aliphatic carbocycles. The molecule has 0 heterocycles. The first-order valence-corrected chi connectivity index (χ1v) is 10.4. The molecular formula is C20H21Cl3SiTi. The molecule has 0 spiro atoms. The Hall–Kier alpha value is -0.279. The van der Waals surface area contributed by atoms with Crippen LogP contribution in [0.2, 0.25) is 0 Å². The number of hydrogen-bond donors (Lipinski definition) is 0. The number of halogens is 3. The summed E-state index contributed by atoms with van der Waals surface area (Å²) in [7, 11) is -1.36. The van der Waals surface area contributed by atoms with Gasteiger partial charge in [0, 0.05) is 0 Å². The van der Waals surface area contributed by atoms with Crippen LogP contribution < -0.4 is 47.6 Å². The van der Waals surface area contributed by atoms with Crippen LogP contribution in [0.25, 0.3) is 0 Å². The van der Waals surface area contributed by atoms with Crippen molar-refractivity contribution >= 4 is 19.2 Å². The molecule has 2 aromatic rings. The minimum Gasteiger partial charge on any atom is -1.00 e. The Morgan fingerprint density at radius 3 is 1.48 bits per heavy atom. The minimum absolute atomic E-state index is 0. The fourth-order valence-electron chi connectivity index (χ4n) is 3.43. The van der Waals surface area contributed by atoms with Crippen LogP contribution in [0.1, 0.15) is 20.8 Å². The summed E-state index contributed by atoms with van der Waals surface area (Å²) in [5.41, 5.74) is 3.06. The van der Waals surface area contributed by atoms with E-state index in [9.17, 15) is 0 Å². The monoisotopic (exact) mass is 442 g/mol. The average Bonchev–Trinajstić information content (AvgIpc) is 2.75. The molecule has 3 rings (SSSR count). The smallest absolute Gasteiger partial charge is 1.00 e. The summed E-state index contributed by atoms with van der Waals surface area (Å²) in [6.45, 7) is 6.98. The topological polar surface area (TPSA) is 0 Å². The molecule has 0 aliphatic heterocycles. The summed E-state index contributed by atoms with van der Waals surface area (Å²) >= 11 is 2.32. The van der Waals surface area contributed by atoms with Gasteiger partial charge in [-0.15, -0.1) is 0 Å². The third-order valence-electron chi connectivity index (χ3n) is 4.95. The van der Waals surface area contributed by atoms with Crippen LogP contribution >= 0.6 is 0 Å². The second kappa shape index (κ2) is 10.8. The van der Waals surface area contributed by atoms with Crippen molar-refractivity contribution < 1.29 is 57.7 Å². The van der Waals surface area contributed by atoms with E-state index in [1.165, 1.54) is 19.8 Å². The minimum atomic E-state index is -1.36. The number of benzene rings is 2. The molecule has 25 heavy (non-hydrogen) atoms. The Bertz CT molecular complexity index is 703. The largest absolute Gasteiger partial charge is 1.00 e. The first-order chi connectivity index (χ1) is 10.6. The normalized spacial score (nSPS) is 16.3. The van der Waals surface area contributed by atoms with E-state index in [-0.39, 0.29) is 37.2 Å². The zero-order chi connectivity index (χ0) is 15.7. The Balaban J connectivity index is 0.00000192. The molecule has 0 amide bonds. The molecule has 0 nitrogen and oxygen atoms in total. The van der Waals surface area contributed by atoms with Gasteiger partial charge in [-0.05, 0) is 0 Å². The Morgan fingerprint density at radius 2 is 1.16 bits per heavy atom. The van der Waals surface area contributed by atoms with Gasteiger partial charge >= 0.3 is 147 Å². The van der Waals surface area contributed by atoms with Crippen LogP contribution in [0.4, 0.5) is 0 Å². The molecule has 2 aromatic carbocycles. The quantitative estimate of drug-likeness (QED) is 0.415. The standard InChI is InChI=1S/C20H21Si.3ClH.Ti/c1-15-14-20(17(3)16(15)2)21(18-10-6-4-7-11-18)19-12-8-5-9-13-19;;;;/h4-13,17,21H,1-3H3;3*1H;/q;;;;+3/p-3. The molecule has 1 aliphatic rings. The Kier molecular flexibility index (Phi) is 10.6. The molecule has 0 N–H and O–H groups in total. The van der Waals surface area contributed by atoms with E-state index in [0.29, 0.717) is 5.92 Å². The van der Waals surface area contributed by atoms with Gasteiger partial charge in [-0.2, -0.15) is 0 Å². The van der Waals surface area contributed by atoms with E-state index < -0.39 is 8.80 Å². The SMILES string of the molecule is CC1=C(C)C(C)C([SiH](c2ccccc2)c2ccccc2)=[C]1[Ti+3].[Cl-].[Cl-].[Cl-]. The summed E-state index contributed by atoms with van der Waals surface area (Å²) < 4.78 is 1.54. The van der Waals surface area contributed by atoms with Crippen molar-refractivity contribution in [3.8, 4) is 0 Å². The van der Waals surface area contributed by atoms with E-state index in [2.05, 4.69) is 102 Å². The predicted molar refractivity (Wildman–Crippen MR) is 93.9 cm³/mol. The molecule has 5 heteroatoms. The fraction of sp³-hybridized carbons (Fsp3) is 0.200. The van der Waals surface area contributed by atoms with Crippen LogP contribution in [0, 0.1) is 5.92 Å². The van der Waals surface area contributed by atoms with Crippen molar-refractivity contribution in [2.24, 2.45) is 5.92 Å². The summed E-state index contributed by atoms with van der Waals surface area (Å²) in [6, 6.07) is 22.2. The average molecular weight is 444 g/mol. The number of hydrogen-bond acceptors (Lipinski definition) is 0. The van der Waals surface area contributed by atoms with Crippen molar-refractivity contribution in [1.29, 1.82) is 0 Å². The molecule has 0 saturated heterocycles. The molecule has 0 radical (unpaired) electrons. The first kappa shape index (κ1) is 24.7. The van der Waals surface area contributed by atoms with Gasteiger partial charge in [0.1, 0.15) is 0 Å². The van der Waals surface area contributed by atoms with Crippen LogP contribution in [-0.4, -0.2) is 8.80 Å². The molecule has 1 atom stereocenters. The maximum absolute atomic E-state index is 2.39. The maximum Gasteiger partial charge on any atom is -1.00 e. The zero-order valence-electron chi connectivity index (χ0n) is 14.6. The third-order valence-corrected chi connectivity index (χ3v) is 9.95. The van der Waals surface area contributed by atoms with Gasteiger partial charge in [0.05, 0.1) is 0 Å². The van der Waals surface area contributed by atoms with Crippen molar-refractivity contribution in [3.63, 3.8) is 0 Å². The van der Waals surface area contributed by atoms with E-state index in [1.807, 2.05) is 0 Å². The van der Waals surface area contributed by atoms with Crippen LogP contribution in [0.15, 0.2) is 80.9 Å². The first-order valence-electron chi connectivity index (χ1n) is 7.84. The number of rotatable bonds is 3. The van der Waals surface area contributed by atoms with E-state index >= 15 is 0 Å². The van der Waals surface area contributed by atoms with Gasteiger partial charge in [-0.25, -0.2) is 0 Å². The van der Waals surface area contributed by atoms with Gasteiger partial charge in [0.15, 0.2) is 0 Å². The van der Waals surface area contributed by atoms with Crippen molar-refractivity contribution in [3.05, 3.63) is 80.9 Å². The van der Waals surface area contributed by atoms with Crippen LogP contribution in [0.5, 0.6) is 0 Å². The summed E-state index contributed by atoms with van der Waals surface area (Å²) in [5, 5.41) is 4.75. The van der Waals surface area contributed by atoms with Crippen LogP contribution in [0.3, 0.4) is 0 Å². The summed E-state index contributed by atoms with van der Waals surface area (Å²) in [6.07, 6.45) is 0. The van der Waals surface area contributed by atoms with Crippen molar-refractivity contribution in [1.82, 2.24) is 0 Å². The molecule has 0 saturated carbocycles. The maximum atomic E-state index is 2.39. The van der Waals surface area contributed by atoms with Gasteiger partial charge in [-0.3, -0.25) is 0 Å². The van der Waals surface area contributed by atoms with Gasteiger partial charge in [0.25, 0.3) is 0 Å². The van der Waals surface area contributed by atoms with E-state index in [1.54, 1.807) is 10.8 Å². The molecular weight excluding hydrogens is 423 g/mol. The Labute approximate surface area is 183 Å². The van der Waals surface area contributed by atoms with Crippen molar-refractivity contribution in [2.75, 3.05) is 0 Å². The summed E-state index contributed by atoms with van der Waals surface area (Å²) in [4.78, 5) is 0. The fourth-order valence-corrected chi connectivity index (χ4v) is 8.32. The Morgan fingerprint density at radius 1 is 0.760 bits per heavy atom. The molecule has 0 aromatic heterocycles. The molecule has 130 valence electrons. The second-order valence-electron chi connectivity index (χ2n) is 6.11. The second-order valence-corrected chi connectivity index (χ2v) is 9.72. The van der Waals surface area contributed by atoms with E-state index in [0.717, 1.165) is 0 Å². The van der Waals surface area contributed by atoms with Crippen LogP contribution in [-0.2, 0) is 20.4 Å². The molecule has 0 fully saturated rings. The number of allylic oxidation sites excluding steroid dienone is 4. The molecule has 1 unspecified atom stereocenters.